The Morgan fingerprint density at radius 3 is 2.50 bits per heavy atom. The number of aliphatic hydroxyl groups is 1. The highest BCUT2D eigenvalue weighted by molar-refractivity contribution is 7.89. The van der Waals surface area contributed by atoms with E-state index in [0.717, 1.165) is 0 Å². The third-order valence-corrected chi connectivity index (χ3v) is 4.01. The molecule has 0 aliphatic rings. The van der Waals surface area contributed by atoms with Crippen molar-refractivity contribution in [2.24, 2.45) is 0 Å². The second-order valence-corrected chi connectivity index (χ2v) is 5.65. The van der Waals surface area contributed by atoms with Crippen molar-refractivity contribution in [3.8, 4) is 6.07 Å². The quantitative estimate of drug-likeness (QED) is 0.805. The molecule has 0 aliphatic heterocycles. The van der Waals surface area contributed by atoms with Crippen molar-refractivity contribution in [1.82, 2.24) is 4.72 Å². The molecule has 1 aromatic carbocycles. The van der Waals surface area contributed by atoms with E-state index in [1.54, 1.807) is 0 Å². The minimum absolute atomic E-state index is 0.118. The highest BCUT2D eigenvalue weighted by Gasteiger charge is 2.13. The molecule has 0 saturated carbocycles. The molecule has 0 saturated heterocycles. The van der Waals surface area contributed by atoms with Crippen molar-refractivity contribution in [2.45, 2.75) is 30.8 Å². The normalized spacial score (nSPS) is 12.9. The number of nitriles is 1. The van der Waals surface area contributed by atoms with Crippen molar-refractivity contribution < 1.29 is 13.5 Å². The highest BCUT2D eigenvalue weighted by atomic mass is 32.2. The zero-order chi connectivity index (χ0) is 13.6. The van der Waals surface area contributed by atoms with Crippen LogP contribution < -0.4 is 4.72 Å². The number of sulfonamides is 1. The summed E-state index contributed by atoms with van der Waals surface area (Å²) in [4.78, 5) is 0.118. The standard InChI is InChI=1S/C12H16N2O3S/c1-2-11(15)7-8-14-18(16,17)12-5-3-10(9-13)4-6-12/h3-6,11,14-15H,2,7-8H2,1H3. The van der Waals surface area contributed by atoms with Crippen LogP contribution in [0.3, 0.4) is 0 Å². The number of nitrogens with zero attached hydrogens (tertiary/aromatic N) is 1. The third-order valence-electron chi connectivity index (χ3n) is 2.53. The van der Waals surface area contributed by atoms with Crippen LogP contribution >= 0.6 is 0 Å². The zero-order valence-electron chi connectivity index (χ0n) is 10.1. The molecule has 2 N–H and O–H groups in total. The second kappa shape index (κ2) is 6.50. The van der Waals surface area contributed by atoms with Crippen LogP contribution in [0, 0.1) is 11.3 Å². The third kappa shape index (κ3) is 4.11. The van der Waals surface area contributed by atoms with Crippen molar-refractivity contribution in [3.63, 3.8) is 0 Å². The molecule has 1 aromatic rings. The second-order valence-electron chi connectivity index (χ2n) is 3.88. The van der Waals surface area contributed by atoms with Gasteiger partial charge in [0.2, 0.25) is 10.0 Å². The molecule has 0 heterocycles. The molecule has 0 spiro atoms. The van der Waals surface area contributed by atoms with E-state index in [1.165, 1.54) is 24.3 Å². The minimum Gasteiger partial charge on any atom is -0.393 e. The summed E-state index contributed by atoms with van der Waals surface area (Å²) in [6, 6.07) is 7.60. The predicted octanol–water partition coefficient (Wildman–Crippen LogP) is 0.998. The van der Waals surface area contributed by atoms with Gasteiger partial charge in [0.15, 0.2) is 0 Å². The summed E-state index contributed by atoms with van der Waals surface area (Å²) < 4.78 is 26.1. The van der Waals surface area contributed by atoms with Crippen LogP contribution in [0.1, 0.15) is 25.3 Å². The Labute approximate surface area is 107 Å². The van der Waals surface area contributed by atoms with E-state index in [9.17, 15) is 13.5 Å². The Morgan fingerprint density at radius 2 is 2.00 bits per heavy atom. The molecule has 6 heteroatoms. The molecular weight excluding hydrogens is 252 g/mol. The average molecular weight is 268 g/mol. The summed E-state index contributed by atoms with van der Waals surface area (Å²) in [6.07, 6.45) is 0.485. The summed E-state index contributed by atoms with van der Waals surface area (Å²) >= 11 is 0. The van der Waals surface area contributed by atoms with Crippen LogP contribution in [0.5, 0.6) is 0 Å². The highest BCUT2D eigenvalue weighted by Crippen LogP contribution is 2.10. The van der Waals surface area contributed by atoms with E-state index in [1.807, 2.05) is 13.0 Å². The molecule has 0 fully saturated rings. The largest absolute Gasteiger partial charge is 0.393 e. The molecule has 1 unspecified atom stereocenters. The van der Waals surface area contributed by atoms with E-state index < -0.39 is 16.1 Å². The summed E-state index contributed by atoms with van der Waals surface area (Å²) in [7, 11) is -3.56. The Balaban J connectivity index is 2.66. The SMILES string of the molecule is CCC(O)CCNS(=O)(=O)c1ccc(C#N)cc1. The van der Waals surface area contributed by atoms with Crippen molar-refractivity contribution >= 4 is 10.0 Å². The molecule has 0 bridgehead atoms. The fourth-order valence-corrected chi connectivity index (χ4v) is 2.40. The van der Waals surface area contributed by atoms with Crippen LogP contribution in [0.2, 0.25) is 0 Å². The summed E-state index contributed by atoms with van der Waals surface area (Å²) in [5.74, 6) is 0. The lowest BCUT2D eigenvalue weighted by Gasteiger charge is -2.09. The van der Waals surface area contributed by atoms with Gasteiger partial charge in [0.1, 0.15) is 0 Å². The Bertz CT molecular complexity index is 517. The Kier molecular flexibility index (Phi) is 5.28. The monoisotopic (exact) mass is 268 g/mol. The number of hydrogen-bond donors (Lipinski definition) is 2. The maximum absolute atomic E-state index is 11.8. The average Bonchev–Trinajstić information content (AvgIpc) is 2.38. The molecule has 18 heavy (non-hydrogen) atoms. The molecular formula is C12H16N2O3S. The number of hydrogen-bond acceptors (Lipinski definition) is 4. The van der Waals surface area contributed by atoms with E-state index >= 15 is 0 Å². The van der Waals surface area contributed by atoms with Crippen LogP contribution in [-0.4, -0.2) is 26.2 Å². The Hall–Kier alpha value is -1.42. The fourth-order valence-electron chi connectivity index (χ4n) is 1.36. The van der Waals surface area contributed by atoms with Gasteiger partial charge in [-0.2, -0.15) is 5.26 Å². The molecule has 5 nitrogen and oxygen atoms in total. The van der Waals surface area contributed by atoms with Gasteiger partial charge >= 0.3 is 0 Å². The van der Waals surface area contributed by atoms with Gasteiger partial charge in [-0.3, -0.25) is 0 Å². The summed E-state index contributed by atoms with van der Waals surface area (Å²) in [5, 5.41) is 17.9. The molecule has 0 amide bonds. The van der Waals surface area contributed by atoms with Gasteiger partial charge in [-0.05, 0) is 37.1 Å². The molecule has 0 aromatic heterocycles. The summed E-state index contributed by atoms with van der Waals surface area (Å²) in [5.41, 5.74) is 0.412. The first-order chi connectivity index (χ1) is 8.49. The van der Waals surface area contributed by atoms with Gasteiger partial charge < -0.3 is 5.11 Å². The molecule has 0 radical (unpaired) electrons. The van der Waals surface area contributed by atoms with Gasteiger partial charge in [-0.15, -0.1) is 0 Å². The number of aliphatic hydroxyl groups excluding tert-OH is 1. The minimum atomic E-state index is -3.56. The van der Waals surface area contributed by atoms with Gasteiger partial charge in [-0.1, -0.05) is 6.92 Å². The molecule has 1 rings (SSSR count). The van der Waals surface area contributed by atoms with Crippen molar-refractivity contribution in [2.75, 3.05) is 6.54 Å². The lowest BCUT2D eigenvalue weighted by molar-refractivity contribution is 0.162. The maximum atomic E-state index is 11.8. The molecule has 1 atom stereocenters. The van der Waals surface area contributed by atoms with Crippen LogP contribution in [0.25, 0.3) is 0 Å². The van der Waals surface area contributed by atoms with E-state index in [4.69, 9.17) is 5.26 Å². The zero-order valence-corrected chi connectivity index (χ0v) is 10.9. The maximum Gasteiger partial charge on any atom is 0.240 e. The number of nitrogens with one attached hydrogen (secondary N) is 1. The van der Waals surface area contributed by atoms with E-state index in [-0.39, 0.29) is 11.4 Å². The summed E-state index contributed by atoms with van der Waals surface area (Å²) in [6.45, 7) is 2.02. The number of rotatable bonds is 6. The van der Waals surface area contributed by atoms with E-state index in [2.05, 4.69) is 4.72 Å². The number of benzene rings is 1. The topological polar surface area (TPSA) is 90.2 Å². The first-order valence-corrected chi connectivity index (χ1v) is 7.16. The first kappa shape index (κ1) is 14.6. The van der Waals surface area contributed by atoms with E-state index in [0.29, 0.717) is 18.4 Å². The lowest BCUT2D eigenvalue weighted by Crippen LogP contribution is -2.27. The van der Waals surface area contributed by atoms with Crippen LogP contribution in [-0.2, 0) is 10.0 Å². The van der Waals surface area contributed by atoms with Crippen molar-refractivity contribution in [3.05, 3.63) is 29.8 Å². The smallest absolute Gasteiger partial charge is 0.240 e. The molecule has 0 aliphatic carbocycles. The van der Waals surface area contributed by atoms with Crippen LogP contribution in [0.4, 0.5) is 0 Å². The van der Waals surface area contributed by atoms with Gasteiger partial charge in [0.25, 0.3) is 0 Å². The predicted molar refractivity (Wildman–Crippen MR) is 67.3 cm³/mol. The van der Waals surface area contributed by atoms with Gasteiger partial charge in [0, 0.05) is 6.54 Å². The Morgan fingerprint density at radius 1 is 1.39 bits per heavy atom. The van der Waals surface area contributed by atoms with Gasteiger partial charge in [-0.25, -0.2) is 13.1 Å². The van der Waals surface area contributed by atoms with Gasteiger partial charge in [0.05, 0.1) is 22.6 Å². The lowest BCUT2D eigenvalue weighted by atomic mass is 10.2. The van der Waals surface area contributed by atoms with Crippen molar-refractivity contribution in [1.29, 1.82) is 5.26 Å². The fraction of sp³-hybridized carbons (Fsp3) is 0.417. The first-order valence-electron chi connectivity index (χ1n) is 5.67. The molecule has 98 valence electrons. The van der Waals surface area contributed by atoms with Crippen LogP contribution in [0.15, 0.2) is 29.2 Å².